The van der Waals surface area contributed by atoms with Gasteiger partial charge < -0.3 is 9.47 Å². The number of hydrogen-bond donors (Lipinski definition) is 0. The van der Waals surface area contributed by atoms with Crippen LogP contribution in [-0.4, -0.2) is 19.2 Å². The molecule has 0 aromatic heterocycles. The molecular weight excluding hydrogens is 263 g/mol. The van der Waals surface area contributed by atoms with E-state index in [2.05, 4.69) is 6.58 Å². The first-order valence-electron chi connectivity index (χ1n) is 4.91. The van der Waals surface area contributed by atoms with Crippen molar-refractivity contribution in [2.75, 3.05) is 13.2 Å². The molecule has 0 spiro atoms. The summed E-state index contributed by atoms with van der Waals surface area (Å²) in [6.45, 7) is 5.41. The van der Waals surface area contributed by atoms with E-state index in [-0.39, 0.29) is 13.2 Å². The molecule has 0 aliphatic carbocycles. The number of carbonyl (C=O) groups excluding carboxylic acids is 1. The van der Waals surface area contributed by atoms with Gasteiger partial charge in [-0.05, 0) is 25.1 Å². The molecule has 0 heterocycles. The summed E-state index contributed by atoms with van der Waals surface area (Å²) >= 11 is 11.6. The Morgan fingerprint density at radius 3 is 2.65 bits per heavy atom. The number of ether oxygens (including phenoxy) is 2. The minimum Gasteiger partial charge on any atom is -0.488 e. The summed E-state index contributed by atoms with van der Waals surface area (Å²) in [5.74, 6) is 0.0678. The van der Waals surface area contributed by atoms with Crippen molar-refractivity contribution in [1.82, 2.24) is 0 Å². The van der Waals surface area contributed by atoms with Crippen molar-refractivity contribution in [2.24, 2.45) is 0 Å². The second kappa shape index (κ2) is 6.52. The summed E-state index contributed by atoms with van der Waals surface area (Å²) < 4.78 is 10.2. The topological polar surface area (TPSA) is 35.5 Å². The van der Waals surface area contributed by atoms with Gasteiger partial charge in [-0.15, -0.1) is 0 Å². The molecule has 0 atom stereocenters. The molecule has 0 unspecified atom stereocenters. The number of benzene rings is 1. The van der Waals surface area contributed by atoms with Crippen LogP contribution >= 0.6 is 23.2 Å². The molecular formula is C12H12Cl2O3. The molecule has 0 aliphatic heterocycles. The van der Waals surface area contributed by atoms with Gasteiger partial charge >= 0.3 is 5.97 Å². The standard InChI is InChI=1S/C12H12Cl2O3/c1-8(2)12(15)17-6-5-16-11-4-3-9(13)7-10(11)14/h3-4,7H,1,5-6H2,2H3. The molecule has 1 aromatic rings. The van der Waals surface area contributed by atoms with Crippen molar-refractivity contribution in [3.8, 4) is 5.75 Å². The minimum absolute atomic E-state index is 0.144. The van der Waals surface area contributed by atoms with Crippen LogP contribution in [0.25, 0.3) is 0 Å². The Hall–Kier alpha value is -1.19. The lowest BCUT2D eigenvalue weighted by molar-refractivity contribution is -0.139. The number of halogens is 2. The number of carbonyl (C=O) groups is 1. The fourth-order valence-electron chi connectivity index (χ4n) is 1.00. The normalized spacial score (nSPS) is 9.82. The predicted molar refractivity (Wildman–Crippen MR) is 67.7 cm³/mol. The van der Waals surface area contributed by atoms with E-state index in [1.807, 2.05) is 0 Å². The van der Waals surface area contributed by atoms with E-state index in [1.165, 1.54) is 0 Å². The quantitative estimate of drug-likeness (QED) is 0.468. The van der Waals surface area contributed by atoms with Crippen molar-refractivity contribution in [3.05, 3.63) is 40.4 Å². The summed E-state index contributed by atoms with van der Waals surface area (Å²) in [5, 5.41) is 0.958. The highest BCUT2D eigenvalue weighted by atomic mass is 35.5. The second-order valence-electron chi connectivity index (χ2n) is 3.34. The van der Waals surface area contributed by atoms with Crippen LogP contribution < -0.4 is 4.74 Å². The number of rotatable bonds is 5. The van der Waals surface area contributed by atoms with Crippen molar-refractivity contribution in [1.29, 1.82) is 0 Å². The molecule has 92 valence electrons. The van der Waals surface area contributed by atoms with Crippen LogP contribution in [0, 0.1) is 0 Å². The van der Waals surface area contributed by atoms with Gasteiger partial charge in [-0.25, -0.2) is 4.79 Å². The Bertz CT molecular complexity index is 430. The van der Waals surface area contributed by atoms with E-state index in [0.717, 1.165) is 0 Å². The third-order valence-electron chi connectivity index (χ3n) is 1.82. The van der Waals surface area contributed by atoms with Crippen LogP contribution in [0.5, 0.6) is 5.75 Å². The monoisotopic (exact) mass is 274 g/mol. The Morgan fingerprint density at radius 2 is 2.06 bits per heavy atom. The van der Waals surface area contributed by atoms with Crippen LogP contribution in [0.15, 0.2) is 30.4 Å². The highest BCUT2D eigenvalue weighted by Gasteiger charge is 2.04. The van der Waals surface area contributed by atoms with Gasteiger partial charge in [-0.2, -0.15) is 0 Å². The fourth-order valence-corrected chi connectivity index (χ4v) is 1.46. The summed E-state index contributed by atoms with van der Waals surface area (Å²) in [4.78, 5) is 11.0. The molecule has 0 radical (unpaired) electrons. The zero-order valence-corrected chi connectivity index (χ0v) is 10.8. The van der Waals surface area contributed by atoms with Crippen molar-refractivity contribution in [2.45, 2.75) is 6.92 Å². The molecule has 1 rings (SSSR count). The molecule has 0 N–H and O–H groups in total. The molecule has 0 amide bonds. The molecule has 0 aliphatic rings. The molecule has 3 nitrogen and oxygen atoms in total. The smallest absolute Gasteiger partial charge is 0.333 e. The van der Waals surface area contributed by atoms with E-state index in [0.29, 0.717) is 21.4 Å². The fraction of sp³-hybridized carbons (Fsp3) is 0.250. The highest BCUT2D eigenvalue weighted by Crippen LogP contribution is 2.27. The van der Waals surface area contributed by atoms with Crippen molar-refractivity contribution in [3.63, 3.8) is 0 Å². The van der Waals surface area contributed by atoms with Crippen LogP contribution in [0.2, 0.25) is 10.0 Å². The maximum atomic E-state index is 11.0. The van der Waals surface area contributed by atoms with Crippen LogP contribution in [0.1, 0.15) is 6.92 Å². The first kappa shape index (κ1) is 13.9. The Labute approximate surface area is 110 Å². The summed E-state index contributed by atoms with van der Waals surface area (Å²) in [5.41, 5.74) is 0.356. The summed E-state index contributed by atoms with van der Waals surface area (Å²) in [7, 11) is 0. The zero-order valence-electron chi connectivity index (χ0n) is 9.33. The molecule has 0 saturated carbocycles. The zero-order chi connectivity index (χ0) is 12.8. The molecule has 1 aromatic carbocycles. The Morgan fingerprint density at radius 1 is 1.35 bits per heavy atom. The molecule has 0 fully saturated rings. The largest absolute Gasteiger partial charge is 0.488 e. The SMILES string of the molecule is C=C(C)C(=O)OCCOc1ccc(Cl)cc1Cl. The Kier molecular flexibility index (Phi) is 5.32. The lowest BCUT2D eigenvalue weighted by atomic mass is 10.3. The minimum atomic E-state index is -0.434. The molecule has 0 saturated heterocycles. The number of esters is 1. The van der Waals surface area contributed by atoms with Gasteiger partial charge in [0.2, 0.25) is 0 Å². The summed E-state index contributed by atoms with van der Waals surface area (Å²) in [6, 6.07) is 4.91. The average Bonchev–Trinajstić information content (AvgIpc) is 2.26. The lowest BCUT2D eigenvalue weighted by Crippen LogP contribution is -2.12. The molecule has 17 heavy (non-hydrogen) atoms. The van der Waals surface area contributed by atoms with Gasteiger partial charge in [0.05, 0.1) is 5.02 Å². The van der Waals surface area contributed by atoms with Gasteiger partial charge in [0.1, 0.15) is 19.0 Å². The third-order valence-corrected chi connectivity index (χ3v) is 2.35. The van der Waals surface area contributed by atoms with E-state index < -0.39 is 5.97 Å². The number of hydrogen-bond acceptors (Lipinski definition) is 3. The van der Waals surface area contributed by atoms with E-state index >= 15 is 0 Å². The van der Waals surface area contributed by atoms with Gasteiger partial charge in [0, 0.05) is 10.6 Å². The Balaban J connectivity index is 2.36. The predicted octanol–water partition coefficient (Wildman–Crippen LogP) is 3.49. The van der Waals surface area contributed by atoms with Gasteiger partial charge in [-0.3, -0.25) is 0 Å². The van der Waals surface area contributed by atoms with Crippen LogP contribution in [0.3, 0.4) is 0 Å². The highest BCUT2D eigenvalue weighted by molar-refractivity contribution is 6.35. The first-order chi connectivity index (χ1) is 8.00. The lowest BCUT2D eigenvalue weighted by Gasteiger charge is -2.08. The average molecular weight is 275 g/mol. The van der Waals surface area contributed by atoms with Crippen LogP contribution in [-0.2, 0) is 9.53 Å². The molecule has 0 bridgehead atoms. The maximum Gasteiger partial charge on any atom is 0.333 e. The van der Waals surface area contributed by atoms with Crippen molar-refractivity contribution >= 4 is 29.2 Å². The van der Waals surface area contributed by atoms with Gasteiger partial charge in [0.15, 0.2) is 0 Å². The summed E-state index contributed by atoms with van der Waals surface area (Å²) in [6.07, 6.45) is 0. The van der Waals surface area contributed by atoms with Gasteiger partial charge in [0.25, 0.3) is 0 Å². The second-order valence-corrected chi connectivity index (χ2v) is 4.18. The van der Waals surface area contributed by atoms with Crippen molar-refractivity contribution < 1.29 is 14.3 Å². The van der Waals surface area contributed by atoms with E-state index in [1.54, 1.807) is 25.1 Å². The molecule has 5 heteroatoms. The van der Waals surface area contributed by atoms with E-state index in [4.69, 9.17) is 32.7 Å². The van der Waals surface area contributed by atoms with Gasteiger partial charge in [-0.1, -0.05) is 29.8 Å². The van der Waals surface area contributed by atoms with E-state index in [9.17, 15) is 4.79 Å². The first-order valence-corrected chi connectivity index (χ1v) is 5.67. The maximum absolute atomic E-state index is 11.0. The third kappa shape index (κ3) is 4.67. The van der Waals surface area contributed by atoms with Crippen LogP contribution in [0.4, 0.5) is 0 Å².